The van der Waals surface area contributed by atoms with Gasteiger partial charge in [0, 0.05) is 6.04 Å². The maximum Gasteiger partial charge on any atom is 0.261 e. The van der Waals surface area contributed by atoms with Crippen LogP contribution < -0.4 is 10.9 Å². The molecule has 2 aromatic heterocycles. The Labute approximate surface area is 124 Å². The third kappa shape index (κ3) is 2.47. The van der Waals surface area contributed by atoms with Gasteiger partial charge in [-0.05, 0) is 31.6 Å². The Balaban J connectivity index is 2.06. The molecule has 0 unspecified atom stereocenters. The predicted octanol–water partition coefficient (Wildman–Crippen LogP) is 2.05. The van der Waals surface area contributed by atoms with Crippen LogP contribution in [0.1, 0.15) is 33.9 Å². The van der Waals surface area contributed by atoms with Gasteiger partial charge in [0.05, 0.1) is 16.0 Å². The number of nitrogens with zero attached hydrogens (tertiary/aromatic N) is 1. The SMILES string of the molecule is CSCc1nc2sc(C(=O)NC3CC3)c(C)c2c(=O)[nH]1. The Bertz CT molecular complexity index is 731. The number of thiophene rings is 1. The van der Waals surface area contributed by atoms with E-state index in [4.69, 9.17) is 0 Å². The molecule has 0 aliphatic heterocycles. The van der Waals surface area contributed by atoms with E-state index in [1.165, 1.54) is 11.3 Å². The van der Waals surface area contributed by atoms with Crippen LogP contribution in [0.25, 0.3) is 10.2 Å². The van der Waals surface area contributed by atoms with Gasteiger partial charge >= 0.3 is 0 Å². The molecule has 5 nitrogen and oxygen atoms in total. The molecule has 106 valence electrons. The van der Waals surface area contributed by atoms with Gasteiger partial charge < -0.3 is 10.3 Å². The van der Waals surface area contributed by atoms with E-state index in [9.17, 15) is 9.59 Å². The molecular formula is C13H15N3O2S2. The van der Waals surface area contributed by atoms with Crippen molar-refractivity contribution in [1.29, 1.82) is 0 Å². The molecule has 20 heavy (non-hydrogen) atoms. The van der Waals surface area contributed by atoms with Crippen LogP contribution in [-0.4, -0.2) is 28.2 Å². The fourth-order valence-corrected chi connectivity index (χ4v) is 3.60. The van der Waals surface area contributed by atoms with Crippen LogP contribution in [0.15, 0.2) is 4.79 Å². The molecular weight excluding hydrogens is 294 g/mol. The van der Waals surface area contributed by atoms with Gasteiger partial charge in [0.25, 0.3) is 11.5 Å². The van der Waals surface area contributed by atoms with Gasteiger partial charge in [0.15, 0.2) is 0 Å². The fraction of sp³-hybridized carbons (Fsp3) is 0.462. The van der Waals surface area contributed by atoms with E-state index in [2.05, 4.69) is 15.3 Å². The summed E-state index contributed by atoms with van der Waals surface area (Å²) in [4.78, 5) is 32.8. The number of H-pyrrole nitrogens is 1. The quantitative estimate of drug-likeness (QED) is 0.906. The Morgan fingerprint density at radius 2 is 2.30 bits per heavy atom. The zero-order chi connectivity index (χ0) is 14.3. The molecule has 0 saturated heterocycles. The number of thioether (sulfide) groups is 1. The summed E-state index contributed by atoms with van der Waals surface area (Å²) >= 11 is 2.90. The van der Waals surface area contributed by atoms with Gasteiger partial charge in [0.2, 0.25) is 0 Å². The molecule has 1 aliphatic carbocycles. The first-order chi connectivity index (χ1) is 9.60. The van der Waals surface area contributed by atoms with Gasteiger partial charge in [-0.1, -0.05) is 0 Å². The average Bonchev–Trinajstić information content (AvgIpc) is 3.13. The van der Waals surface area contributed by atoms with E-state index in [0.29, 0.717) is 32.7 Å². The number of fused-ring (bicyclic) bond motifs is 1. The molecule has 0 atom stereocenters. The molecule has 7 heteroatoms. The third-order valence-electron chi connectivity index (χ3n) is 3.25. The van der Waals surface area contributed by atoms with E-state index < -0.39 is 0 Å². The fourth-order valence-electron chi connectivity index (χ4n) is 2.09. The van der Waals surface area contributed by atoms with Crippen LogP contribution in [-0.2, 0) is 5.75 Å². The molecule has 1 saturated carbocycles. The van der Waals surface area contributed by atoms with E-state index >= 15 is 0 Å². The van der Waals surface area contributed by atoms with Crippen molar-refractivity contribution in [3.8, 4) is 0 Å². The van der Waals surface area contributed by atoms with E-state index in [1.807, 2.05) is 13.2 Å². The molecule has 1 aliphatic rings. The lowest BCUT2D eigenvalue weighted by Gasteiger charge is -2.00. The highest BCUT2D eigenvalue weighted by atomic mass is 32.2. The van der Waals surface area contributed by atoms with Crippen LogP contribution in [0.3, 0.4) is 0 Å². The number of carbonyl (C=O) groups excluding carboxylic acids is 1. The minimum atomic E-state index is -0.154. The van der Waals surface area contributed by atoms with Crippen molar-refractivity contribution in [3.63, 3.8) is 0 Å². The normalized spacial score (nSPS) is 14.7. The minimum absolute atomic E-state index is 0.0844. The Kier molecular flexibility index (Phi) is 3.55. The molecule has 0 spiro atoms. The first-order valence-electron chi connectivity index (χ1n) is 6.42. The number of carbonyl (C=O) groups is 1. The van der Waals surface area contributed by atoms with Gasteiger partial charge in [0.1, 0.15) is 10.7 Å². The molecule has 2 heterocycles. The Hall–Kier alpha value is -1.34. The summed E-state index contributed by atoms with van der Waals surface area (Å²) in [5.74, 6) is 1.23. The lowest BCUT2D eigenvalue weighted by atomic mass is 10.2. The highest BCUT2D eigenvalue weighted by molar-refractivity contribution is 7.97. The van der Waals surface area contributed by atoms with Gasteiger partial charge in [-0.3, -0.25) is 9.59 Å². The lowest BCUT2D eigenvalue weighted by Crippen LogP contribution is -2.25. The highest BCUT2D eigenvalue weighted by Crippen LogP contribution is 2.28. The second kappa shape index (κ2) is 5.21. The zero-order valence-electron chi connectivity index (χ0n) is 11.3. The summed E-state index contributed by atoms with van der Waals surface area (Å²) in [6.07, 6.45) is 4.05. The standard InChI is InChI=1S/C13H15N3O2S2/c1-6-9-11(17)15-8(5-19-2)16-13(9)20-10(6)12(18)14-7-3-4-7/h7H,3-5H2,1-2H3,(H,14,18)(H,15,16,17). The molecule has 0 aromatic carbocycles. The van der Waals surface area contributed by atoms with Gasteiger partial charge in [-0.2, -0.15) is 11.8 Å². The number of hydrogen-bond donors (Lipinski definition) is 2. The van der Waals surface area contributed by atoms with Crippen molar-refractivity contribution in [1.82, 2.24) is 15.3 Å². The maximum absolute atomic E-state index is 12.2. The largest absolute Gasteiger partial charge is 0.349 e. The van der Waals surface area contributed by atoms with Gasteiger partial charge in [-0.15, -0.1) is 11.3 Å². The van der Waals surface area contributed by atoms with Crippen molar-refractivity contribution >= 4 is 39.2 Å². The van der Waals surface area contributed by atoms with Crippen LogP contribution in [0, 0.1) is 6.92 Å². The van der Waals surface area contributed by atoms with Crippen LogP contribution >= 0.6 is 23.1 Å². The lowest BCUT2D eigenvalue weighted by molar-refractivity contribution is 0.0954. The highest BCUT2D eigenvalue weighted by Gasteiger charge is 2.26. The molecule has 2 aromatic rings. The van der Waals surface area contributed by atoms with Crippen molar-refractivity contribution in [2.24, 2.45) is 0 Å². The van der Waals surface area contributed by atoms with E-state index in [1.54, 1.807) is 11.8 Å². The summed E-state index contributed by atoms with van der Waals surface area (Å²) in [5.41, 5.74) is 0.575. The number of aromatic nitrogens is 2. The number of rotatable bonds is 4. The number of aromatic amines is 1. The smallest absolute Gasteiger partial charge is 0.261 e. The van der Waals surface area contributed by atoms with Crippen LogP contribution in [0.4, 0.5) is 0 Å². The molecule has 0 radical (unpaired) electrons. The summed E-state index contributed by atoms with van der Waals surface area (Å²) < 4.78 is 0. The number of nitrogens with one attached hydrogen (secondary N) is 2. The van der Waals surface area contributed by atoms with E-state index in [0.717, 1.165) is 18.4 Å². The maximum atomic E-state index is 12.2. The number of aryl methyl sites for hydroxylation is 1. The van der Waals surface area contributed by atoms with Crippen molar-refractivity contribution in [2.75, 3.05) is 6.26 Å². The molecule has 0 bridgehead atoms. The van der Waals surface area contributed by atoms with E-state index in [-0.39, 0.29) is 11.5 Å². The molecule has 2 N–H and O–H groups in total. The monoisotopic (exact) mass is 309 g/mol. The van der Waals surface area contributed by atoms with Crippen molar-refractivity contribution in [2.45, 2.75) is 31.6 Å². The molecule has 1 fully saturated rings. The second-order valence-corrected chi connectivity index (χ2v) is 6.79. The van der Waals surface area contributed by atoms with Crippen molar-refractivity contribution < 1.29 is 4.79 Å². The molecule has 3 rings (SSSR count). The summed E-state index contributed by atoms with van der Waals surface area (Å²) in [5, 5.41) is 3.50. The first-order valence-corrected chi connectivity index (χ1v) is 8.63. The summed E-state index contributed by atoms with van der Waals surface area (Å²) in [6.45, 7) is 1.81. The topological polar surface area (TPSA) is 74.8 Å². The van der Waals surface area contributed by atoms with Crippen LogP contribution in [0.5, 0.6) is 0 Å². The Morgan fingerprint density at radius 3 is 2.95 bits per heavy atom. The number of hydrogen-bond acceptors (Lipinski definition) is 5. The minimum Gasteiger partial charge on any atom is -0.349 e. The third-order valence-corrected chi connectivity index (χ3v) is 5.00. The molecule has 1 amide bonds. The summed E-state index contributed by atoms with van der Waals surface area (Å²) in [7, 11) is 0. The van der Waals surface area contributed by atoms with Gasteiger partial charge in [-0.25, -0.2) is 4.98 Å². The Morgan fingerprint density at radius 1 is 1.55 bits per heavy atom. The first kappa shape index (κ1) is 13.6. The zero-order valence-corrected chi connectivity index (χ0v) is 12.9. The summed E-state index contributed by atoms with van der Waals surface area (Å²) in [6, 6.07) is 0.311. The van der Waals surface area contributed by atoms with Crippen molar-refractivity contribution in [3.05, 3.63) is 26.6 Å². The predicted molar refractivity (Wildman–Crippen MR) is 82.7 cm³/mol. The number of amides is 1. The average molecular weight is 309 g/mol. The van der Waals surface area contributed by atoms with Crippen LogP contribution in [0.2, 0.25) is 0 Å². The second-order valence-electron chi connectivity index (χ2n) is 4.93.